The van der Waals surface area contributed by atoms with Gasteiger partial charge >= 0.3 is 0 Å². The van der Waals surface area contributed by atoms with Gasteiger partial charge in [-0.15, -0.1) is 0 Å². The Bertz CT molecular complexity index is 160. The summed E-state index contributed by atoms with van der Waals surface area (Å²) in [4.78, 5) is 2.51. The fourth-order valence-electron chi connectivity index (χ4n) is 2.19. The van der Waals surface area contributed by atoms with Crippen LogP contribution in [0.2, 0.25) is 0 Å². The average Bonchev–Trinajstić information content (AvgIpc) is 1.95. The van der Waals surface area contributed by atoms with Gasteiger partial charge in [-0.25, -0.2) is 0 Å². The second kappa shape index (κ2) is 3.95. The van der Waals surface area contributed by atoms with E-state index >= 15 is 0 Å². The third-order valence-electron chi connectivity index (χ3n) is 2.72. The molecule has 0 spiro atoms. The molecule has 0 saturated carbocycles. The van der Waals surface area contributed by atoms with E-state index < -0.39 is 0 Å². The van der Waals surface area contributed by atoms with E-state index in [-0.39, 0.29) is 0 Å². The van der Waals surface area contributed by atoms with Crippen LogP contribution in [0.5, 0.6) is 0 Å². The number of morpholine rings is 1. The van der Waals surface area contributed by atoms with E-state index in [2.05, 4.69) is 18.7 Å². The van der Waals surface area contributed by atoms with Gasteiger partial charge in [0.2, 0.25) is 0 Å². The van der Waals surface area contributed by atoms with Crippen molar-refractivity contribution in [2.45, 2.75) is 26.1 Å². The van der Waals surface area contributed by atoms with Crippen molar-refractivity contribution in [1.29, 1.82) is 0 Å². The monoisotopic (exact) mass is 185 g/mol. The van der Waals surface area contributed by atoms with Crippen molar-refractivity contribution in [3.8, 4) is 0 Å². The summed E-state index contributed by atoms with van der Waals surface area (Å²) in [5.41, 5.74) is 0. The van der Waals surface area contributed by atoms with Gasteiger partial charge in [0.1, 0.15) is 0 Å². The summed E-state index contributed by atoms with van der Waals surface area (Å²) in [6, 6.07) is 0. The molecule has 13 heavy (non-hydrogen) atoms. The molecule has 76 valence electrons. The van der Waals surface area contributed by atoms with Gasteiger partial charge in [-0.2, -0.15) is 0 Å². The molecule has 0 radical (unpaired) electrons. The maximum absolute atomic E-state index is 5.68. The van der Waals surface area contributed by atoms with Gasteiger partial charge in [0, 0.05) is 25.6 Å². The van der Waals surface area contributed by atoms with Crippen molar-refractivity contribution >= 4 is 0 Å². The summed E-state index contributed by atoms with van der Waals surface area (Å²) in [5, 5.41) is 0. The van der Waals surface area contributed by atoms with Crippen molar-refractivity contribution in [3.63, 3.8) is 0 Å². The number of hydrogen-bond donors (Lipinski definition) is 0. The molecule has 2 rings (SSSR count). The number of ether oxygens (including phenoxy) is 2. The van der Waals surface area contributed by atoms with Gasteiger partial charge in [-0.3, -0.25) is 4.90 Å². The van der Waals surface area contributed by atoms with Crippen molar-refractivity contribution in [2.24, 2.45) is 5.92 Å². The van der Waals surface area contributed by atoms with E-state index in [0.29, 0.717) is 12.2 Å². The largest absolute Gasteiger partial charge is 0.381 e. The molecular weight excluding hydrogens is 166 g/mol. The number of hydrogen-bond acceptors (Lipinski definition) is 3. The molecule has 0 aromatic heterocycles. The molecule has 0 N–H and O–H groups in total. The molecule has 0 aromatic carbocycles. The zero-order chi connectivity index (χ0) is 9.26. The van der Waals surface area contributed by atoms with Crippen LogP contribution in [0, 0.1) is 5.92 Å². The van der Waals surface area contributed by atoms with Crippen LogP contribution in [0.25, 0.3) is 0 Å². The maximum Gasteiger partial charge on any atom is 0.0678 e. The molecule has 2 aliphatic rings. The van der Waals surface area contributed by atoms with Crippen LogP contribution in [0.4, 0.5) is 0 Å². The SMILES string of the molecule is C[C@@H]1CN(CC2COC2)C[C@H](C)O1. The molecule has 0 aliphatic carbocycles. The van der Waals surface area contributed by atoms with Gasteiger partial charge in [0.15, 0.2) is 0 Å². The van der Waals surface area contributed by atoms with E-state index in [4.69, 9.17) is 9.47 Å². The minimum Gasteiger partial charge on any atom is -0.381 e. The molecule has 2 fully saturated rings. The first-order chi connectivity index (χ1) is 6.24. The first kappa shape index (κ1) is 9.44. The summed E-state index contributed by atoms with van der Waals surface area (Å²) in [5.74, 6) is 0.775. The Kier molecular flexibility index (Phi) is 2.86. The molecule has 0 aromatic rings. The van der Waals surface area contributed by atoms with E-state index in [1.165, 1.54) is 6.54 Å². The number of nitrogens with zero attached hydrogens (tertiary/aromatic N) is 1. The van der Waals surface area contributed by atoms with E-state index in [9.17, 15) is 0 Å². The fraction of sp³-hybridized carbons (Fsp3) is 1.00. The summed E-state index contributed by atoms with van der Waals surface area (Å²) >= 11 is 0. The molecule has 2 heterocycles. The highest BCUT2D eigenvalue weighted by molar-refractivity contribution is 4.77. The molecule has 2 saturated heterocycles. The lowest BCUT2D eigenvalue weighted by Crippen LogP contribution is -2.49. The van der Waals surface area contributed by atoms with Gasteiger partial charge in [-0.05, 0) is 13.8 Å². The first-order valence-electron chi connectivity index (χ1n) is 5.19. The topological polar surface area (TPSA) is 21.7 Å². The Morgan fingerprint density at radius 2 is 1.77 bits per heavy atom. The summed E-state index contributed by atoms with van der Waals surface area (Å²) < 4.78 is 10.8. The van der Waals surface area contributed by atoms with E-state index in [0.717, 1.165) is 32.2 Å². The summed E-state index contributed by atoms with van der Waals surface area (Å²) in [6.45, 7) is 9.58. The predicted octanol–water partition coefficient (Wildman–Crippen LogP) is 0.742. The highest BCUT2D eigenvalue weighted by atomic mass is 16.5. The molecule has 0 unspecified atom stereocenters. The zero-order valence-corrected chi connectivity index (χ0v) is 8.53. The third-order valence-corrected chi connectivity index (χ3v) is 2.72. The lowest BCUT2D eigenvalue weighted by Gasteiger charge is -2.39. The van der Waals surface area contributed by atoms with E-state index in [1.54, 1.807) is 0 Å². The zero-order valence-electron chi connectivity index (χ0n) is 8.53. The molecule has 3 nitrogen and oxygen atoms in total. The van der Waals surface area contributed by atoms with Gasteiger partial charge < -0.3 is 9.47 Å². The maximum atomic E-state index is 5.68. The first-order valence-corrected chi connectivity index (χ1v) is 5.19. The van der Waals surface area contributed by atoms with Crippen molar-refractivity contribution in [2.75, 3.05) is 32.8 Å². The Morgan fingerprint density at radius 1 is 1.15 bits per heavy atom. The summed E-state index contributed by atoms with van der Waals surface area (Å²) in [7, 11) is 0. The van der Waals surface area contributed by atoms with Crippen LogP contribution >= 0.6 is 0 Å². The fourth-order valence-corrected chi connectivity index (χ4v) is 2.19. The average molecular weight is 185 g/mol. The Morgan fingerprint density at radius 3 is 2.23 bits per heavy atom. The van der Waals surface area contributed by atoms with Gasteiger partial charge in [-0.1, -0.05) is 0 Å². The Labute approximate surface area is 80.0 Å². The second-order valence-corrected chi connectivity index (χ2v) is 4.38. The van der Waals surface area contributed by atoms with Crippen molar-refractivity contribution < 1.29 is 9.47 Å². The summed E-state index contributed by atoms with van der Waals surface area (Å²) in [6.07, 6.45) is 0.787. The molecule has 3 heteroatoms. The quantitative estimate of drug-likeness (QED) is 0.633. The standard InChI is InChI=1S/C10H19NO2/c1-8-3-11(4-9(2)13-8)5-10-6-12-7-10/h8-10H,3-7H2,1-2H3/t8-,9+. The minimum absolute atomic E-state index is 0.393. The Hall–Kier alpha value is -0.120. The van der Waals surface area contributed by atoms with E-state index in [1.807, 2.05) is 0 Å². The van der Waals surface area contributed by atoms with Crippen molar-refractivity contribution in [1.82, 2.24) is 4.90 Å². The van der Waals surface area contributed by atoms with Crippen molar-refractivity contribution in [3.05, 3.63) is 0 Å². The van der Waals surface area contributed by atoms with Crippen LogP contribution in [0.15, 0.2) is 0 Å². The van der Waals surface area contributed by atoms with Crippen LogP contribution in [0.3, 0.4) is 0 Å². The predicted molar refractivity (Wildman–Crippen MR) is 50.8 cm³/mol. The van der Waals surface area contributed by atoms with Gasteiger partial charge in [0.05, 0.1) is 25.4 Å². The van der Waals surface area contributed by atoms with Crippen LogP contribution in [0.1, 0.15) is 13.8 Å². The molecule has 0 amide bonds. The molecule has 2 aliphatic heterocycles. The number of rotatable bonds is 2. The minimum atomic E-state index is 0.393. The Balaban J connectivity index is 1.77. The van der Waals surface area contributed by atoms with Crippen LogP contribution in [-0.4, -0.2) is 50.0 Å². The van der Waals surface area contributed by atoms with Crippen LogP contribution in [-0.2, 0) is 9.47 Å². The third kappa shape index (κ3) is 2.42. The lowest BCUT2D eigenvalue weighted by molar-refractivity contribution is -0.0963. The highest BCUT2D eigenvalue weighted by Gasteiger charge is 2.27. The molecular formula is C10H19NO2. The van der Waals surface area contributed by atoms with Gasteiger partial charge in [0.25, 0.3) is 0 Å². The smallest absolute Gasteiger partial charge is 0.0678 e. The molecule has 0 bridgehead atoms. The second-order valence-electron chi connectivity index (χ2n) is 4.38. The highest BCUT2D eigenvalue weighted by Crippen LogP contribution is 2.16. The normalized spacial score (nSPS) is 37.4. The lowest BCUT2D eigenvalue weighted by atomic mass is 10.1. The molecule has 2 atom stereocenters. The van der Waals surface area contributed by atoms with Crippen LogP contribution < -0.4 is 0 Å².